The average Bonchev–Trinajstić information content (AvgIpc) is 3.07. The van der Waals surface area contributed by atoms with Crippen molar-refractivity contribution in [3.05, 3.63) is 53.4 Å². The van der Waals surface area contributed by atoms with Crippen LogP contribution in [0.4, 0.5) is 0 Å². The summed E-state index contributed by atoms with van der Waals surface area (Å²) in [6.07, 6.45) is 6.05. The van der Waals surface area contributed by atoms with Gasteiger partial charge in [-0.05, 0) is 38.0 Å². The Hall–Kier alpha value is -2.63. The van der Waals surface area contributed by atoms with Crippen LogP contribution in [0.15, 0.2) is 30.9 Å². The maximum absolute atomic E-state index is 12.1. The minimum absolute atomic E-state index is 0.0718. The fraction of sp³-hybridized carbons (Fsp3) is 0.267. The molecule has 0 aliphatic rings. The number of imidazole rings is 1. The first-order valence-electron chi connectivity index (χ1n) is 6.85. The Balaban J connectivity index is 1.63. The van der Waals surface area contributed by atoms with Gasteiger partial charge in [0, 0.05) is 24.0 Å². The fourth-order valence-electron chi connectivity index (χ4n) is 2.41. The van der Waals surface area contributed by atoms with E-state index in [1.165, 1.54) is 5.56 Å². The molecule has 0 radical (unpaired) electrons. The van der Waals surface area contributed by atoms with Gasteiger partial charge in [-0.3, -0.25) is 9.89 Å². The molecule has 0 aromatic carbocycles. The third-order valence-corrected chi connectivity index (χ3v) is 3.62. The molecule has 0 fully saturated rings. The molecule has 0 unspecified atom stereocenters. The molecule has 0 aliphatic carbocycles. The minimum atomic E-state index is -0.0718. The van der Waals surface area contributed by atoms with Crippen molar-refractivity contribution in [2.75, 3.05) is 6.54 Å². The summed E-state index contributed by atoms with van der Waals surface area (Å²) >= 11 is 0. The third-order valence-electron chi connectivity index (χ3n) is 3.62. The molecular weight excluding hydrogens is 266 g/mol. The van der Waals surface area contributed by atoms with Crippen molar-refractivity contribution in [1.82, 2.24) is 24.9 Å². The molecule has 0 aliphatic heterocycles. The number of nitrogens with one attached hydrogen (secondary N) is 2. The highest BCUT2D eigenvalue weighted by Crippen LogP contribution is 2.10. The van der Waals surface area contributed by atoms with E-state index in [-0.39, 0.29) is 5.91 Å². The molecule has 0 spiro atoms. The van der Waals surface area contributed by atoms with Gasteiger partial charge >= 0.3 is 0 Å². The van der Waals surface area contributed by atoms with Crippen LogP contribution >= 0.6 is 0 Å². The molecule has 0 saturated carbocycles. The van der Waals surface area contributed by atoms with Gasteiger partial charge in [0.15, 0.2) is 0 Å². The highest BCUT2D eigenvalue weighted by atomic mass is 16.1. The molecule has 21 heavy (non-hydrogen) atoms. The monoisotopic (exact) mass is 283 g/mol. The molecule has 0 bridgehead atoms. The van der Waals surface area contributed by atoms with Crippen LogP contribution in [-0.4, -0.2) is 32.0 Å². The van der Waals surface area contributed by atoms with E-state index in [1.54, 1.807) is 18.6 Å². The molecule has 3 aromatic rings. The number of aryl methyl sites for hydroxylation is 2. The van der Waals surface area contributed by atoms with Gasteiger partial charge in [-0.15, -0.1) is 0 Å². The Labute approximate surface area is 122 Å². The summed E-state index contributed by atoms with van der Waals surface area (Å²) in [6, 6.07) is 3.62. The zero-order chi connectivity index (χ0) is 14.8. The van der Waals surface area contributed by atoms with Crippen molar-refractivity contribution in [3.8, 4) is 0 Å². The van der Waals surface area contributed by atoms with Crippen molar-refractivity contribution in [2.45, 2.75) is 20.3 Å². The minimum Gasteiger partial charge on any atom is -0.352 e. The van der Waals surface area contributed by atoms with Crippen LogP contribution in [-0.2, 0) is 6.42 Å². The normalized spacial score (nSPS) is 11.0. The van der Waals surface area contributed by atoms with E-state index in [0.717, 1.165) is 23.3 Å². The lowest BCUT2D eigenvalue weighted by Crippen LogP contribution is -2.26. The van der Waals surface area contributed by atoms with E-state index in [1.807, 2.05) is 30.5 Å². The van der Waals surface area contributed by atoms with Crippen molar-refractivity contribution < 1.29 is 4.79 Å². The maximum atomic E-state index is 12.1. The second-order valence-electron chi connectivity index (χ2n) is 5.06. The van der Waals surface area contributed by atoms with E-state index in [9.17, 15) is 4.79 Å². The number of H-pyrrole nitrogens is 1. The van der Waals surface area contributed by atoms with Gasteiger partial charge in [-0.25, -0.2) is 4.98 Å². The second-order valence-corrected chi connectivity index (χ2v) is 5.06. The summed E-state index contributed by atoms with van der Waals surface area (Å²) < 4.78 is 1.87. The number of aromatic nitrogens is 4. The molecule has 6 nitrogen and oxygen atoms in total. The lowest BCUT2D eigenvalue weighted by Gasteiger charge is -2.06. The summed E-state index contributed by atoms with van der Waals surface area (Å²) in [7, 11) is 0. The quantitative estimate of drug-likeness (QED) is 0.764. The average molecular weight is 283 g/mol. The highest BCUT2D eigenvalue weighted by molar-refractivity contribution is 5.95. The summed E-state index contributed by atoms with van der Waals surface area (Å²) in [5.74, 6) is -0.0718. The molecule has 3 aromatic heterocycles. The molecule has 108 valence electrons. The van der Waals surface area contributed by atoms with Gasteiger partial charge in [0.2, 0.25) is 0 Å². The van der Waals surface area contributed by atoms with Gasteiger partial charge in [-0.1, -0.05) is 0 Å². The number of aromatic amines is 1. The zero-order valence-corrected chi connectivity index (χ0v) is 12.1. The van der Waals surface area contributed by atoms with Gasteiger partial charge in [0.05, 0.1) is 23.7 Å². The lowest BCUT2D eigenvalue weighted by molar-refractivity contribution is 0.0954. The van der Waals surface area contributed by atoms with Crippen LogP contribution < -0.4 is 5.32 Å². The fourth-order valence-corrected chi connectivity index (χ4v) is 2.41. The molecular formula is C15H17N5O. The predicted molar refractivity (Wildman–Crippen MR) is 79.3 cm³/mol. The molecule has 3 rings (SSSR count). The lowest BCUT2D eigenvalue weighted by atomic mass is 10.1. The third kappa shape index (κ3) is 2.65. The van der Waals surface area contributed by atoms with Crippen LogP contribution in [0.25, 0.3) is 5.52 Å². The van der Waals surface area contributed by atoms with Crippen LogP contribution in [0.3, 0.4) is 0 Å². The van der Waals surface area contributed by atoms with Gasteiger partial charge in [0.25, 0.3) is 5.91 Å². The number of amides is 1. The van der Waals surface area contributed by atoms with Crippen molar-refractivity contribution >= 4 is 11.4 Å². The zero-order valence-electron chi connectivity index (χ0n) is 12.1. The summed E-state index contributed by atoms with van der Waals surface area (Å²) in [6.45, 7) is 4.55. The number of carbonyl (C=O) groups is 1. The van der Waals surface area contributed by atoms with E-state index in [0.29, 0.717) is 12.1 Å². The van der Waals surface area contributed by atoms with E-state index in [2.05, 4.69) is 20.5 Å². The predicted octanol–water partition coefficient (Wildman–Crippen LogP) is 1.65. The summed E-state index contributed by atoms with van der Waals surface area (Å²) in [5.41, 5.74) is 4.76. The van der Waals surface area contributed by atoms with E-state index in [4.69, 9.17) is 0 Å². The van der Waals surface area contributed by atoms with Crippen molar-refractivity contribution in [3.63, 3.8) is 0 Å². The Kier molecular flexibility index (Phi) is 3.43. The van der Waals surface area contributed by atoms with Gasteiger partial charge < -0.3 is 9.72 Å². The largest absolute Gasteiger partial charge is 0.352 e. The second kappa shape index (κ2) is 5.40. The molecule has 6 heteroatoms. The standard InChI is InChI=1S/C15H17N5O/c1-10-14(11(2)19-18-10)3-5-17-15(21)12-4-6-20-9-16-8-13(20)7-12/h4,6-9H,3,5H2,1-2H3,(H,17,21)(H,18,19). The number of rotatable bonds is 4. The maximum Gasteiger partial charge on any atom is 0.251 e. The molecule has 1 amide bonds. The van der Waals surface area contributed by atoms with Gasteiger partial charge in [0.1, 0.15) is 0 Å². The smallest absolute Gasteiger partial charge is 0.251 e. The van der Waals surface area contributed by atoms with Crippen molar-refractivity contribution in [2.24, 2.45) is 0 Å². The first kappa shape index (κ1) is 13.4. The number of hydrogen-bond acceptors (Lipinski definition) is 3. The number of fused-ring (bicyclic) bond motifs is 1. The highest BCUT2D eigenvalue weighted by Gasteiger charge is 2.09. The number of hydrogen-bond donors (Lipinski definition) is 2. The van der Waals surface area contributed by atoms with E-state index < -0.39 is 0 Å². The van der Waals surface area contributed by atoms with Crippen molar-refractivity contribution in [1.29, 1.82) is 0 Å². The van der Waals surface area contributed by atoms with Crippen LogP contribution in [0.2, 0.25) is 0 Å². The molecule has 2 N–H and O–H groups in total. The van der Waals surface area contributed by atoms with Crippen LogP contribution in [0.1, 0.15) is 27.3 Å². The summed E-state index contributed by atoms with van der Waals surface area (Å²) in [4.78, 5) is 16.2. The molecule has 0 saturated heterocycles. The van der Waals surface area contributed by atoms with E-state index >= 15 is 0 Å². The van der Waals surface area contributed by atoms with Crippen LogP contribution in [0, 0.1) is 13.8 Å². The Morgan fingerprint density at radius 2 is 2.29 bits per heavy atom. The van der Waals surface area contributed by atoms with Gasteiger partial charge in [-0.2, -0.15) is 5.10 Å². The number of carbonyl (C=O) groups excluding carboxylic acids is 1. The van der Waals surface area contributed by atoms with Crippen LogP contribution in [0.5, 0.6) is 0 Å². The number of pyridine rings is 1. The Morgan fingerprint density at radius 3 is 3.05 bits per heavy atom. The molecule has 0 atom stereocenters. The Bertz CT molecular complexity index is 767. The first-order valence-corrected chi connectivity index (χ1v) is 6.85. The SMILES string of the molecule is Cc1n[nH]c(C)c1CCNC(=O)c1ccn2cncc2c1. The summed E-state index contributed by atoms with van der Waals surface area (Å²) in [5, 5.41) is 10.0. The molecule has 3 heterocycles. The Morgan fingerprint density at radius 1 is 1.43 bits per heavy atom. The topological polar surface area (TPSA) is 75.1 Å². The number of nitrogens with zero attached hydrogens (tertiary/aromatic N) is 3. The first-order chi connectivity index (χ1) is 10.1.